The number of nitrogens with zero attached hydrogens (tertiary/aromatic N) is 3. The summed E-state index contributed by atoms with van der Waals surface area (Å²) in [6.07, 6.45) is 4.43. The van der Waals surface area contributed by atoms with Crippen LogP contribution in [0.5, 0.6) is 17.4 Å². The Kier molecular flexibility index (Phi) is 10.9. The van der Waals surface area contributed by atoms with Gasteiger partial charge in [-0.1, -0.05) is 12.1 Å². The number of guanidine groups is 1. The van der Waals surface area contributed by atoms with Crippen LogP contribution < -0.4 is 14.8 Å². The molecule has 0 bridgehead atoms. The molecule has 0 spiro atoms. The fourth-order valence-corrected chi connectivity index (χ4v) is 2.83. The van der Waals surface area contributed by atoms with Gasteiger partial charge in [0.25, 0.3) is 0 Å². The molecular formula is C23H33IN4O3. The van der Waals surface area contributed by atoms with Gasteiger partial charge in [0.1, 0.15) is 11.5 Å². The predicted molar refractivity (Wildman–Crippen MR) is 134 cm³/mol. The topological polar surface area (TPSA) is 68.2 Å². The van der Waals surface area contributed by atoms with Crippen molar-refractivity contribution >= 4 is 29.9 Å². The van der Waals surface area contributed by atoms with Crippen molar-refractivity contribution in [2.24, 2.45) is 10.9 Å². The van der Waals surface area contributed by atoms with Gasteiger partial charge in [0.05, 0.1) is 20.3 Å². The van der Waals surface area contributed by atoms with Gasteiger partial charge in [0.15, 0.2) is 5.96 Å². The highest BCUT2D eigenvalue weighted by atomic mass is 127. The lowest BCUT2D eigenvalue weighted by Crippen LogP contribution is -2.40. The van der Waals surface area contributed by atoms with E-state index in [9.17, 15) is 0 Å². The minimum atomic E-state index is 0. The largest absolute Gasteiger partial charge is 0.497 e. The van der Waals surface area contributed by atoms with Crippen molar-refractivity contribution in [3.05, 3.63) is 48.2 Å². The van der Waals surface area contributed by atoms with E-state index in [0.29, 0.717) is 18.2 Å². The van der Waals surface area contributed by atoms with Gasteiger partial charge in [-0.2, -0.15) is 0 Å². The van der Waals surface area contributed by atoms with E-state index in [-0.39, 0.29) is 24.0 Å². The number of pyridine rings is 1. The summed E-state index contributed by atoms with van der Waals surface area (Å²) in [4.78, 5) is 11.2. The van der Waals surface area contributed by atoms with Gasteiger partial charge in [0, 0.05) is 45.1 Å². The normalized spacial score (nSPS) is 13.3. The maximum Gasteiger partial charge on any atom is 0.219 e. The van der Waals surface area contributed by atoms with Crippen LogP contribution >= 0.6 is 24.0 Å². The maximum atomic E-state index is 5.79. The monoisotopic (exact) mass is 540 g/mol. The third-order valence-corrected chi connectivity index (χ3v) is 4.79. The third-order valence-electron chi connectivity index (χ3n) is 4.79. The molecule has 0 amide bonds. The highest BCUT2D eigenvalue weighted by molar-refractivity contribution is 14.0. The van der Waals surface area contributed by atoms with Crippen LogP contribution in [0.1, 0.15) is 25.3 Å². The molecular weight excluding hydrogens is 507 g/mol. The molecule has 1 aromatic heterocycles. The summed E-state index contributed by atoms with van der Waals surface area (Å²) in [6.45, 7) is 5.84. The molecule has 3 rings (SSSR count). The van der Waals surface area contributed by atoms with Gasteiger partial charge in [-0.3, -0.25) is 0 Å². The number of ether oxygens (including phenoxy) is 3. The molecule has 0 atom stereocenters. The lowest BCUT2D eigenvalue weighted by Gasteiger charge is -2.22. The number of rotatable bonds is 11. The van der Waals surface area contributed by atoms with Crippen molar-refractivity contribution in [3.63, 3.8) is 0 Å². The summed E-state index contributed by atoms with van der Waals surface area (Å²) < 4.78 is 16.7. The molecule has 0 aliphatic heterocycles. The molecule has 1 saturated carbocycles. The van der Waals surface area contributed by atoms with Crippen molar-refractivity contribution < 1.29 is 14.2 Å². The van der Waals surface area contributed by atoms with E-state index in [1.807, 2.05) is 43.4 Å². The number of aliphatic imine (C=N–C) groups is 1. The Labute approximate surface area is 202 Å². The molecule has 8 heteroatoms. The van der Waals surface area contributed by atoms with Crippen LogP contribution in [-0.2, 0) is 11.3 Å². The lowest BCUT2D eigenvalue weighted by molar-refractivity contribution is 0.115. The summed E-state index contributed by atoms with van der Waals surface area (Å²) in [5.41, 5.74) is 1.02. The molecule has 0 radical (unpaired) electrons. The van der Waals surface area contributed by atoms with Crippen LogP contribution in [0.2, 0.25) is 0 Å². The Bertz CT molecular complexity index is 813. The second-order valence-corrected chi connectivity index (χ2v) is 7.40. The Hall–Kier alpha value is -2.07. The number of aromatic nitrogens is 1. The van der Waals surface area contributed by atoms with E-state index in [1.165, 1.54) is 12.8 Å². The van der Waals surface area contributed by atoms with Crippen LogP contribution in [0.15, 0.2) is 47.6 Å². The first-order valence-electron chi connectivity index (χ1n) is 10.5. The molecule has 1 heterocycles. The minimum Gasteiger partial charge on any atom is -0.497 e. The summed E-state index contributed by atoms with van der Waals surface area (Å²) in [7, 11) is 3.66. The number of halogens is 1. The van der Waals surface area contributed by atoms with E-state index in [1.54, 1.807) is 13.3 Å². The first-order valence-corrected chi connectivity index (χ1v) is 10.5. The average Bonchev–Trinajstić information content (AvgIpc) is 3.59. The molecule has 1 N–H and O–H groups in total. The SMILES string of the molecule is CCNC(=NCc1ccc(Oc2cccc(OC)c2)nc1)N(C)CCOCC1CC1.I. The Morgan fingerprint density at radius 2 is 2.03 bits per heavy atom. The zero-order valence-electron chi connectivity index (χ0n) is 18.5. The number of likely N-dealkylation sites (N-methyl/N-ethyl adjacent to an activating group) is 1. The molecule has 1 aliphatic rings. The molecule has 0 saturated heterocycles. The summed E-state index contributed by atoms with van der Waals surface area (Å²) in [6, 6.07) is 11.3. The van der Waals surface area contributed by atoms with Crippen molar-refractivity contribution in [1.82, 2.24) is 15.2 Å². The zero-order valence-corrected chi connectivity index (χ0v) is 20.9. The Morgan fingerprint density at radius 1 is 1.23 bits per heavy atom. The van der Waals surface area contributed by atoms with E-state index in [4.69, 9.17) is 19.2 Å². The van der Waals surface area contributed by atoms with Crippen LogP contribution in [0.4, 0.5) is 0 Å². The third kappa shape index (κ3) is 8.90. The van der Waals surface area contributed by atoms with Gasteiger partial charge in [-0.25, -0.2) is 9.98 Å². The summed E-state index contributed by atoms with van der Waals surface area (Å²) in [5.74, 6) is 3.63. The molecule has 1 aromatic carbocycles. The molecule has 7 nitrogen and oxygen atoms in total. The van der Waals surface area contributed by atoms with E-state index in [0.717, 1.165) is 49.5 Å². The van der Waals surface area contributed by atoms with Gasteiger partial charge < -0.3 is 24.4 Å². The fraction of sp³-hybridized carbons (Fsp3) is 0.478. The smallest absolute Gasteiger partial charge is 0.219 e. The van der Waals surface area contributed by atoms with Crippen molar-refractivity contribution in [2.45, 2.75) is 26.3 Å². The molecule has 170 valence electrons. The fourth-order valence-electron chi connectivity index (χ4n) is 2.83. The Morgan fingerprint density at radius 3 is 2.71 bits per heavy atom. The van der Waals surface area contributed by atoms with Crippen molar-refractivity contribution in [2.75, 3.05) is 40.5 Å². The standard InChI is InChI=1S/C23H32N4O3.HI/c1-4-24-23(27(2)12-13-29-17-18-8-9-18)26-16-19-10-11-22(25-15-19)30-21-7-5-6-20(14-21)28-3;/h5-7,10-11,14-15,18H,4,8-9,12-13,16-17H2,1-3H3,(H,24,26);1H. The molecule has 1 aliphatic carbocycles. The van der Waals surface area contributed by atoms with Crippen LogP contribution in [0.25, 0.3) is 0 Å². The van der Waals surface area contributed by atoms with Crippen LogP contribution in [-0.4, -0.2) is 56.3 Å². The number of benzene rings is 1. The number of nitrogens with one attached hydrogen (secondary N) is 1. The first-order chi connectivity index (χ1) is 14.7. The minimum absolute atomic E-state index is 0. The number of methoxy groups -OCH3 is 1. The van der Waals surface area contributed by atoms with Gasteiger partial charge in [-0.15, -0.1) is 24.0 Å². The Balaban J connectivity index is 0.00000341. The number of hydrogen-bond donors (Lipinski definition) is 1. The summed E-state index contributed by atoms with van der Waals surface area (Å²) in [5, 5.41) is 3.33. The molecule has 1 fully saturated rings. The van der Waals surface area contributed by atoms with Crippen molar-refractivity contribution in [3.8, 4) is 17.4 Å². The van der Waals surface area contributed by atoms with E-state index in [2.05, 4.69) is 22.1 Å². The predicted octanol–water partition coefficient (Wildman–Crippen LogP) is 4.32. The summed E-state index contributed by atoms with van der Waals surface area (Å²) >= 11 is 0. The first kappa shape index (κ1) is 25.2. The zero-order chi connectivity index (χ0) is 21.2. The van der Waals surface area contributed by atoms with Crippen LogP contribution in [0.3, 0.4) is 0 Å². The molecule has 2 aromatic rings. The number of hydrogen-bond acceptors (Lipinski definition) is 5. The molecule has 0 unspecified atom stereocenters. The van der Waals surface area contributed by atoms with Gasteiger partial charge in [-0.05, 0) is 43.4 Å². The van der Waals surface area contributed by atoms with E-state index >= 15 is 0 Å². The lowest BCUT2D eigenvalue weighted by atomic mass is 10.3. The molecule has 31 heavy (non-hydrogen) atoms. The van der Waals surface area contributed by atoms with E-state index < -0.39 is 0 Å². The average molecular weight is 540 g/mol. The quantitative estimate of drug-likeness (QED) is 0.198. The second kappa shape index (κ2) is 13.4. The maximum absolute atomic E-state index is 5.79. The highest BCUT2D eigenvalue weighted by Gasteiger charge is 2.21. The highest BCUT2D eigenvalue weighted by Crippen LogP contribution is 2.28. The van der Waals surface area contributed by atoms with Gasteiger partial charge in [0.2, 0.25) is 5.88 Å². The second-order valence-electron chi connectivity index (χ2n) is 7.40. The van der Waals surface area contributed by atoms with Crippen molar-refractivity contribution in [1.29, 1.82) is 0 Å². The van der Waals surface area contributed by atoms with Crippen LogP contribution in [0, 0.1) is 5.92 Å². The van der Waals surface area contributed by atoms with Gasteiger partial charge >= 0.3 is 0 Å².